The first kappa shape index (κ1) is 22.4. The van der Waals surface area contributed by atoms with Crippen LogP contribution < -0.4 is 20.1 Å². The Labute approximate surface area is 193 Å². The highest BCUT2D eigenvalue weighted by Gasteiger charge is 2.27. The van der Waals surface area contributed by atoms with E-state index >= 15 is 0 Å². The Kier molecular flexibility index (Phi) is 6.63. The first-order chi connectivity index (χ1) is 15.9. The third-order valence-corrected chi connectivity index (χ3v) is 5.70. The van der Waals surface area contributed by atoms with Crippen LogP contribution in [0.15, 0.2) is 72.8 Å². The van der Waals surface area contributed by atoms with Crippen LogP contribution in [0.2, 0.25) is 0 Å². The average Bonchev–Trinajstić information content (AvgIpc) is 2.84. The van der Waals surface area contributed by atoms with Crippen LogP contribution in [0.25, 0.3) is 11.1 Å². The van der Waals surface area contributed by atoms with E-state index in [4.69, 9.17) is 9.47 Å². The topological polar surface area (TPSA) is 76.7 Å². The molecule has 0 saturated heterocycles. The second-order valence-corrected chi connectivity index (χ2v) is 8.14. The molecule has 0 aliphatic carbocycles. The number of fused-ring (bicyclic) bond motifs is 1. The summed E-state index contributed by atoms with van der Waals surface area (Å²) < 4.78 is 11.7. The van der Waals surface area contributed by atoms with Crippen molar-refractivity contribution in [2.24, 2.45) is 0 Å². The number of nitrogens with one attached hydrogen (secondary N) is 2. The van der Waals surface area contributed by atoms with Crippen molar-refractivity contribution in [3.05, 3.63) is 78.4 Å². The maximum absolute atomic E-state index is 12.7. The van der Waals surface area contributed by atoms with Crippen molar-refractivity contribution >= 4 is 17.5 Å². The fourth-order valence-corrected chi connectivity index (χ4v) is 3.73. The minimum atomic E-state index is -0.660. The monoisotopic (exact) mass is 444 g/mol. The summed E-state index contributed by atoms with van der Waals surface area (Å²) in [7, 11) is 0. The van der Waals surface area contributed by atoms with Gasteiger partial charge in [0.15, 0.2) is 12.2 Å². The number of carbonyl (C=O) groups excluding carboxylic acids is 2. The molecular formula is C27H28N2O4. The number of amides is 2. The molecule has 0 bridgehead atoms. The summed E-state index contributed by atoms with van der Waals surface area (Å²) in [4.78, 5) is 24.7. The fraction of sp³-hybridized carbons (Fsp3) is 0.259. The van der Waals surface area contributed by atoms with Gasteiger partial charge in [-0.05, 0) is 61.2 Å². The molecule has 33 heavy (non-hydrogen) atoms. The quantitative estimate of drug-likeness (QED) is 0.531. The van der Waals surface area contributed by atoms with Gasteiger partial charge in [-0.2, -0.15) is 0 Å². The van der Waals surface area contributed by atoms with E-state index in [1.165, 1.54) is 0 Å². The van der Waals surface area contributed by atoms with E-state index in [9.17, 15) is 9.59 Å². The molecule has 170 valence electrons. The SMILES string of the molecule is CC[C@@H]1Oc2cc([C@@H](C)NC(=O)[C@H](C)Oc3ccc(-c4ccccc4)cc3)ccc2NC1=O. The highest BCUT2D eigenvalue weighted by atomic mass is 16.5. The third-order valence-electron chi connectivity index (χ3n) is 5.70. The van der Waals surface area contributed by atoms with Gasteiger partial charge in [0.1, 0.15) is 11.5 Å². The van der Waals surface area contributed by atoms with Crippen molar-refractivity contribution in [1.82, 2.24) is 5.32 Å². The molecule has 0 aromatic heterocycles. The summed E-state index contributed by atoms with van der Waals surface area (Å²) in [5, 5.41) is 5.84. The van der Waals surface area contributed by atoms with Gasteiger partial charge >= 0.3 is 0 Å². The summed E-state index contributed by atoms with van der Waals surface area (Å²) in [6, 6.07) is 23.1. The minimum absolute atomic E-state index is 0.137. The van der Waals surface area contributed by atoms with E-state index in [-0.39, 0.29) is 17.9 Å². The predicted octanol–water partition coefficient (Wildman–Crippen LogP) is 5.11. The number of hydrogen-bond donors (Lipinski definition) is 2. The Morgan fingerprint density at radius 3 is 2.42 bits per heavy atom. The van der Waals surface area contributed by atoms with Crippen molar-refractivity contribution in [2.45, 2.75) is 45.4 Å². The van der Waals surface area contributed by atoms with Crippen molar-refractivity contribution in [1.29, 1.82) is 0 Å². The number of ether oxygens (including phenoxy) is 2. The zero-order chi connectivity index (χ0) is 23.4. The second kappa shape index (κ2) is 9.77. The molecule has 0 radical (unpaired) electrons. The van der Waals surface area contributed by atoms with Gasteiger partial charge in [0.05, 0.1) is 11.7 Å². The first-order valence-electron chi connectivity index (χ1n) is 11.2. The van der Waals surface area contributed by atoms with Crippen LogP contribution in [-0.2, 0) is 9.59 Å². The molecule has 6 nitrogen and oxygen atoms in total. The standard InChI is InChI=1S/C27H28N2O4/c1-4-24-27(31)29-23-15-12-21(16-25(23)33-24)17(2)28-26(30)18(3)32-22-13-10-20(11-14-22)19-8-6-5-7-9-19/h5-18,24H,4H2,1-3H3,(H,28,30)(H,29,31)/t17-,18+,24+/m1/s1. The van der Waals surface area contributed by atoms with E-state index in [1.807, 2.05) is 68.4 Å². The van der Waals surface area contributed by atoms with E-state index in [1.54, 1.807) is 13.0 Å². The van der Waals surface area contributed by atoms with Crippen molar-refractivity contribution in [3.8, 4) is 22.6 Å². The van der Waals surface area contributed by atoms with Gasteiger partial charge in [0.25, 0.3) is 11.8 Å². The molecule has 3 aromatic rings. The van der Waals surface area contributed by atoms with E-state index in [2.05, 4.69) is 22.8 Å². The predicted molar refractivity (Wildman–Crippen MR) is 128 cm³/mol. The Morgan fingerprint density at radius 2 is 1.73 bits per heavy atom. The number of rotatable bonds is 7. The van der Waals surface area contributed by atoms with Gasteiger partial charge in [-0.1, -0.05) is 55.5 Å². The van der Waals surface area contributed by atoms with Gasteiger partial charge in [0, 0.05) is 0 Å². The van der Waals surface area contributed by atoms with Crippen LogP contribution in [0.4, 0.5) is 5.69 Å². The number of hydrogen-bond acceptors (Lipinski definition) is 4. The number of anilines is 1. The van der Waals surface area contributed by atoms with E-state index < -0.39 is 12.2 Å². The molecule has 0 saturated carbocycles. The Morgan fingerprint density at radius 1 is 1.03 bits per heavy atom. The van der Waals surface area contributed by atoms with Crippen molar-refractivity contribution in [2.75, 3.05) is 5.32 Å². The molecule has 1 heterocycles. The zero-order valence-electron chi connectivity index (χ0n) is 19.0. The van der Waals surface area contributed by atoms with Gasteiger partial charge < -0.3 is 20.1 Å². The van der Waals surface area contributed by atoms with Gasteiger partial charge in [-0.25, -0.2) is 0 Å². The summed E-state index contributed by atoms with van der Waals surface area (Å²) in [6.45, 7) is 5.53. The van der Waals surface area contributed by atoms with Crippen LogP contribution in [-0.4, -0.2) is 24.0 Å². The normalized spacial score (nSPS) is 16.6. The van der Waals surface area contributed by atoms with Gasteiger partial charge in [-0.15, -0.1) is 0 Å². The molecule has 6 heteroatoms. The molecule has 3 aromatic carbocycles. The maximum atomic E-state index is 12.7. The molecule has 1 aliphatic rings. The highest BCUT2D eigenvalue weighted by Crippen LogP contribution is 2.33. The Hall–Kier alpha value is -3.80. The molecule has 2 amide bonds. The Balaban J connectivity index is 1.36. The highest BCUT2D eigenvalue weighted by molar-refractivity contribution is 5.97. The molecule has 0 unspecified atom stereocenters. The summed E-state index contributed by atoms with van der Waals surface area (Å²) in [5.41, 5.74) is 3.74. The van der Waals surface area contributed by atoms with Crippen LogP contribution in [0, 0.1) is 0 Å². The molecule has 3 atom stereocenters. The fourth-order valence-electron chi connectivity index (χ4n) is 3.73. The number of carbonyl (C=O) groups is 2. The number of benzene rings is 3. The van der Waals surface area contributed by atoms with E-state index in [0.29, 0.717) is 23.6 Å². The molecule has 2 N–H and O–H groups in total. The lowest BCUT2D eigenvalue weighted by atomic mass is 10.1. The zero-order valence-corrected chi connectivity index (χ0v) is 19.0. The van der Waals surface area contributed by atoms with Gasteiger partial charge in [0.2, 0.25) is 0 Å². The van der Waals surface area contributed by atoms with Crippen LogP contribution in [0.1, 0.15) is 38.8 Å². The molecule has 1 aliphatic heterocycles. The average molecular weight is 445 g/mol. The maximum Gasteiger partial charge on any atom is 0.265 e. The minimum Gasteiger partial charge on any atom is -0.481 e. The van der Waals surface area contributed by atoms with Crippen molar-refractivity contribution < 1.29 is 19.1 Å². The molecule has 0 spiro atoms. The second-order valence-electron chi connectivity index (χ2n) is 8.14. The van der Waals surface area contributed by atoms with E-state index in [0.717, 1.165) is 16.7 Å². The summed E-state index contributed by atoms with van der Waals surface area (Å²) >= 11 is 0. The largest absolute Gasteiger partial charge is 0.481 e. The van der Waals surface area contributed by atoms with Crippen LogP contribution in [0.3, 0.4) is 0 Å². The van der Waals surface area contributed by atoms with Crippen LogP contribution >= 0.6 is 0 Å². The lowest BCUT2D eigenvalue weighted by molar-refractivity contribution is -0.128. The summed E-state index contributed by atoms with van der Waals surface area (Å²) in [6.07, 6.45) is -0.574. The molecular weight excluding hydrogens is 416 g/mol. The lowest BCUT2D eigenvalue weighted by Crippen LogP contribution is -2.38. The van der Waals surface area contributed by atoms with Crippen LogP contribution in [0.5, 0.6) is 11.5 Å². The van der Waals surface area contributed by atoms with Crippen molar-refractivity contribution in [3.63, 3.8) is 0 Å². The van der Waals surface area contributed by atoms with Gasteiger partial charge in [-0.3, -0.25) is 9.59 Å². The third kappa shape index (κ3) is 5.17. The smallest absolute Gasteiger partial charge is 0.265 e. The molecule has 0 fully saturated rings. The molecule has 4 rings (SSSR count). The Bertz CT molecular complexity index is 1130. The lowest BCUT2D eigenvalue weighted by Gasteiger charge is -2.26. The first-order valence-corrected chi connectivity index (χ1v) is 11.2. The summed E-state index contributed by atoms with van der Waals surface area (Å²) in [5.74, 6) is 0.895.